The van der Waals surface area contributed by atoms with Crippen LogP contribution in [0.4, 0.5) is 0 Å². The highest BCUT2D eigenvalue weighted by Crippen LogP contribution is 2.11. The smallest absolute Gasteiger partial charge is 0.0285 e. The Morgan fingerprint density at radius 1 is 0.810 bits per heavy atom. The molecule has 0 N–H and O–H groups in total. The van der Waals surface area contributed by atoms with E-state index in [1.807, 2.05) is 12.2 Å². The van der Waals surface area contributed by atoms with Gasteiger partial charge < -0.3 is 0 Å². The van der Waals surface area contributed by atoms with Gasteiger partial charge in [-0.25, -0.2) is 0 Å². The van der Waals surface area contributed by atoms with Gasteiger partial charge in [-0.2, -0.15) is 0 Å². The van der Waals surface area contributed by atoms with E-state index in [2.05, 4.69) is 71.6 Å². The highest BCUT2D eigenvalue weighted by atomic mass is 14.0. The van der Waals surface area contributed by atoms with E-state index in [9.17, 15) is 0 Å². The largest absolute Gasteiger partial charge is 0.0991 e. The average molecular weight is 284 g/mol. The van der Waals surface area contributed by atoms with Crippen LogP contribution < -0.4 is 0 Å². The molecule has 0 aliphatic heterocycles. The summed E-state index contributed by atoms with van der Waals surface area (Å²) in [6, 6.07) is 0. The van der Waals surface area contributed by atoms with Crippen LogP contribution in [-0.4, -0.2) is 0 Å². The summed E-state index contributed by atoms with van der Waals surface area (Å²) >= 11 is 0. The Balaban J connectivity index is 4.12. The van der Waals surface area contributed by atoms with Crippen LogP contribution in [0, 0.1) is 0 Å². The quantitative estimate of drug-likeness (QED) is 0.313. The zero-order chi connectivity index (χ0) is 16.1. The summed E-state index contributed by atoms with van der Waals surface area (Å²) < 4.78 is 0. The Labute approximate surface area is 132 Å². The van der Waals surface area contributed by atoms with Crippen LogP contribution in [0.25, 0.3) is 0 Å². The predicted octanol–water partition coefficient (Wildman–Crippen LogP) is 7.09. The van der Waals surface area contributed by atoms with Crippen LogP contribution in [0.5, 0.6) is 0 Å². The first-order valence-corrected chi connectivity index (χ1v) is 7.88. The minimum Gasteiger partial charge on any atom is -0.0991 e. The van der Waals surface area contributed by atoms with Crippen molar-refractivity contribution in [2.24, 2.45) is 0 Å². The fourth-order valence-corrected chi connectivity index (χ4v) is 1.93. The predicted molar refractivity (Wildman–Crippen MR) is 98.5 cm³/mol. The normalized spacial score (nSPS) is 13.7. The van der Waals surface area contributed by atoms with Gasteiger partial charge in [0.1, 0.15) is 0 Å². The summed E-state index contributed by atoms with van der Waals surface area (Å²) in [7, 11) is 0. The first-order valence-electron chi connectivity index (χ1n) is 7.88. The van der Waals surface area contributed by atoms with Crippen molar-refractivity contribution in [3.05, 3.63) is 71.4 Å². The van der Waals surface area contributed by atoms with E-state index in [0.717, 1.165) is 19.3 Å². The molecule has 0 aromatic heterocycles. The molecule has 0 spiro atoms. The molecule has 0 heteroatoms. The van der Waals surface area contributed by atoms with Gasteiger partial charge in [-0.15, -0.1) is 0 Å². The molecule has 0 radical (unpaired) electrons. The molecule has 0 saturated heterocycles. The van der Waals surface area contributed by atoms with Crippen molar-refractivity contribution >= 4 is 0 Å². The van der Waals surface area contributed by atoms with E-state index in [4.69, 9.17) is 0 Å². The van der Waals surface area contributed by atoms with Gasteiger partial charge in [-0.05, 0) is 60.3 Å². The standard InChI is InChI=1S/C21H32/c1-7-11-19(4)14-9-15-21(6)17-10-16-20(5)13-8-12-18(2)3/h7,9,11-12,14-16H,1,8,10,13,17H2,2-6H3/b14-9+,19-11+,20-16+,21-15+. The van der Waals surface area contributed by atoms with Gasteiger partial charge in [0.25, 0.3) is 0 Å². The molecule has 0 saturated carbocycles. The molecule has 0 aromatic carbocycles. The van der Waals surface area contributed by atoms with Crippen LogP contribution in [0.15, 0.2) is 71.4 Å². The summed E-state index contributed by atoms with van der Waals surface area (Å²) in [5.74, 6) is 0. The van der Waals surface area contributed by atoms with Crippen LogP contribution >= 0.6 is 0 Å². The maximum absolute atomic E-state index is 3.70. The molecule has 21 heavy (non-hydrogen) atoms. The number of rotatable bonds is 9. The highest BCUT2D eigenvalue weighted by molar-refractivity contribution is 5.24. The van der Waals surface area contributed by atoms with Crippen molar-refractivity contribution in [2.45, 2.75) is 60.3 Å². The summed E-state index contributed by atoms with van der Waals surface area (Å²) in [5, 5.41) is 0. The molecule has 0 nitrogen and oxygen atoms in total. The van der Waals surface area contributed by atoms with Crippen LogP contribution in [0.3, 0.4) is 0 Å². The molecule has 0 aliphatic rings. The lowest BCUT2D eigenvalue weighted by molar-refractivity contribution is 0.918. The third-order valence-electron chi connectivity index (χ3n) is 3.24. The first-order chi connectivity index (χ1) is 9.95. The SMILES string of the molecule is C=C/C=C(C)/C=C/C=C(\C)CC/C=C(\C)CCC=C(C)C. The van der Waals surface area contributed by atoms with Crippen molar-refractivity contribution in [1.82, 2.24) is 0 Å². The van der Waals surface area contributed by atoms with E-state index < -0.39 is 0 Å². The maximum Gasteiger partial charge on any atom is -0.0285 e. The topological polar surface area (TPSA) is 0 Å². The van der Waals surface area contributed by atoms with Gasteiger partial charge in [-0.1, -0.05) is 71.4 Å². The zero-order valence-electron chi connectivity index (χ0n) is 14.6. The fourth-order valence-electron chi connectivity index (χ4n) is 1.93. The molecule has 0 bridgehead atoms. The van der Waals surface area contributed by atoms with E-state index in [-0.39, 0.29) is 0 Å². The molecule has 0 fully saturated rings. The molecule has 0 atom stereocenters. The van der Waals surface area contributed by atoms with E-state index in [1.54, 1.807) is 0 Å². The van der Waals surface area contributed by atoms with Gasteiger partial charge in [0.2, 0.25) is 0 Å². The Hall–Kier alpha value is -1.56. The average Bonchev–Trinajstić information content (AvgIpc) is 2.38. The second-order valence-electron chi connectivity index (χ2n) is 5.93. The van der Waals surface area contributed by atoms with E-state index >= 15 is 0 Å². The Morgan fingerprint density at radius 2 is 1.43 bits per heavy atom. The second-order valence-corrected chi connectivity index (χ2v) is 5.93. The Morgan fingerprint density at radius 3 is 2.05 bits per heavy atom. The second kappa shape index (κ2) is 12.2. The number of hydrogen-bond acceptors (Lipinski definition) is 0. The molecule has 0 rings (SSSR count). The number of hydrogen-bond donors (Lipinski definition) is 0. The molecule has 116 valence electrons. The third kappa shape index (κ3) is 13.2. The van der Waals surface area contributed by atoms with Crippen molar-refractivity contribution in [1.29, 1.82) is 0 Å². The highest BCUT2D eigenvalue weighted by Gasteiger charge is 1.91. The van der Waals surface area contributed by atoms with Gasteiger partial charge in [0.05, 0.1) is 0 Å². The lowest BCUT2D eigenvalue weighted by Crippen LogP contribution is -1.80. The molecule has 0 unspecified atom stereocenters. The van der Waals surface area contributed by atoms with E-state index in [1.165, 1.54) is 28.7 Å². The molecule has 0 heterocycles. The summed E-state index contributed by atoms with van der Waals surface area (Å²) in [6.45, 7) is 14.5. The Kier molecular flexibility index (Phi) is 11.3. The molecule has 0 amide bonds. The van der Waals surface area contributed by atoms with Gasteiger partial charge >= 0.3 is 0 Å². The minimum absolute atomic E-state index is 1.13. The lowest BCUT2D eigenvalue weighted by Gasteiger charge is -2.00. The lowest BCUT2D eigenvalue weighted by atomic mass is 10.1. The monoisotopic (exact) mass is 284 g/mol. The van der Waals surface area contributed by atoms with Crippen molar-refractivity contribution in [3.8, 4) is 0 Å². The molecule has 0 aliphatic carbocycles. The summed E-state index contributed by atoms with van der Waals surface area (Å²) in [6.07, 6.45) is 19.6. The van der Waals surface area contributed by atoms with E-state index in [0.29, 0.717) is 0 Å². The van der Waals surface area contributed by atoms with Gasteiger partial charge in [-0.3, -0.25) is 0 Å². The maximum atomic E-state index is 3.70. The van der Waals surface area contributed by atoms with Crippen molar-refractivity contribution in [3.63, 3.8) is 0 Å². The van der Waals surface area contributed by atoms with Crippen LogP contribution in [0.2, 0.25) is 0 Å². The molecule has 0 aromatic rings. The molecular weight excluding hydrogens is 252 g/mol. The Bertz CT molecular complexity index is 446. The zero-order valence-corrected chi connectivity index (χ0v) is 14.6. The fraction of sp³-hybridized carbons (Fsp3) is 0.429. The first kappa shape index (κ1) is 19.4. The summed E-state index contributed by atoms with van der Waals surface area (Å²) in [5.41, 5.74) is 5.56. The van der Waals surface area contributed by atoms with Gasteiger partial charge in [0, 0.05) is 0 Å². The van der Waals surface area contributed by atoms with Crippen molar-refractivity contribution in [2.75, 3.05) is 0 Å². The van der Waals surface area contributed by atoms with Crippen molar-refractivity contribution < 1.29 is 0 Å². The summed E-state index contributed by atoms with van der Waals surface area (Å²) in [4.78, 5) is 0. The minimum atomic E-state index is 1.13. The molecular formula is C21H32. The van der Waals surface area contributed by atoms with Crippen LogP contribution in [-0.2, 0) is 0 Å². The number of allylic oxidation sites excluding steroid dienone is 11. The third-order valence-corrected chi connectivity index (χ3v) is 3.24. The van der Waals surface area contributed by atoms with Crippen LogP contribution in [0.1, 0.15) is 60.3 Å². The van der Waals surface area contributed by atoms with Gasteiger partial charge in [0.15, 0.2) is 0 Å².